The highest BCUT2D eigenvalue weighted by Crippen LogP contribution is 2.13. The van der Waals surface area contributed by atoms with Crippen molar-refractivity contribution in [2.75, 3.05) is 26.2 Å². The zero-order valence-electron chi connectivity index (χ0n) is 12.6. The van der Waals surface area contributed by atoms with Gasteiger partial charge in [-0.05, 0) is 26.0 Å². The maximum absolute atomic E-state index is 12.4. The van der Waals surface area contributed by atoms with E-state index in [0.29, 0.717) is 18.7 Å². The van der Waals surface area contributed by atoms with Crippen LogP contribution in [0.3, 0.4) is 0 Å². The SMILES string of the molecule is Cc1ccc(C(=O)N2CCN(C(C)CC(=O)O)CC2)cc1. The number of hydrogen-bond donors (Lipinski definition) is 1. The van der Waals surface area contributed by atoms with Gasteiger partial charge < -0.3 is 10.0 Å². The molecule has 1 aromatic rings. The molecule has 0 radical (unpaired) electrons. The maximum atomic E-state index is 12.4. The lowest BCUT2D eigenvalue weighted by Crippen LogP contribution is -2.51. The molecule has 0 saturated carbocycles. The molecule has 2 rings (SSSR count). The minimum Gasteiger partial charge on any atom is -0.481 e. The molecule has 0 aliphatic carbocycles. The van der Waals surface area contributed by atoms with E-state index in [9.17, 15) is 9.59 Å². The Labute approximate surface area is 125 Å². The van der Waals surface area contributed by atoms with Gasteiger partial charge in [-0.3, -0.25) is 14.5 Å². The Morgan fingerprint density at radius 3 is 2.24 bits per heavy atom. The third kappa shape index (κ3) is 4.04. The molecule has 1 saturated heterocycles. The summed E-state index contributed by atoms with van der Waals surface area (Å²) in [6, 6.07) is 7.62. The number of benzene rings is 1. The second-order valence-corrected chi connectivity index (χ2v) is 5.64. The monoisotopic (exact) mass is 290 g/mol. The first-order valence-corrected chi connectivity index (χ1v) is 7.29. The van der Waals surface area contributed by atoms with Crippen LogP contribution < -0.4 is 0 Å². The normalized spacial score (nSPS) is 17.5. The predicted molar refractivity (Wildman–Crippen MR) is 80.4 cm³/mol. The number of carbonyl (C=O) groups is 2. The van der Waals surface area contributed by atoms with E-state index in [1.54, 1.807) is 0 Å². The lowest BCUT2D eigenvalue weighted by atomic mass is 10.1. The number of amides is 1. The van der Waals surface area contributed by atoms with Crippen molar-refractivity contribution in [2.45, 2.75) is 26.3 Å². The van der Waals surface area contributed by atoms with E-state index < -0.39 is 5.97 Å². The Morgan fingerprint density at radius 1 is 1.14 bits per heavy atom. The third-order valence-corrected chi connectivity index (χ3v) is 3.99. The highest BCUT2D eigenvalue weighted by molar-refractivity contribution is 5.94. The number of hydrogen-bond acceptors (Lipinski definition) is 3. The number of carbonyl (C=O) groups excluding carboxylic acids is 1. The van der Waals surface area contributed by atoms with Crippen molar-refractivity contribution in [2.24, 2.45) is 0 Å². The zero-order valence-corrected chi connectivity index (χ0v) is 12.6. The van der Waals surface area contributed by atoms with Crippen LogP contribution in [0.4, 0.5) is 0 Å². The molecule has 1 heterocycles. The Kier molecular flexibility index (Phi) is 4.96. The molecule has 1 aliphatic heterocycles. The lowest BCUT2D eigenvalue weighted by Gasteiger charge is -2.37. The van der Waals surface area contributed by atoms with Crippen molar-refractivity contribution < 1.29 is 14.7 Å². The number of aliphatic carboxylic acids is 1. The molecular formula is C16H22N2O3. The Bertz CT molecular complexity index is 505. The molecular weight excluding hydrogens is 268 g/mol. The quantitative estimate of drug-likeness (QED) is 0.915. The van der Waals surface area contributed by atoms with Crippen molar-refractivity contribution in [3.63, 3.8) is 0 Å². The molecule has 0 aromatic heterocycles. The minimum absolute atomic E-state index is 0.0131. The number of carboxylic acid groups (broad SMARTS) is 1. The van der Waals surface area contributed by atoms with Crippen molar-refractivity contribution in [1.82, 2.24) is 9.80 Å². The second kappa shape index (κ2) is 6.72. The van der Waals surface area contributed by atoms with E-state index in [1.165, 1.54) is 0 Å². The fraction of sp³-hybridized carbons (Fsp3) is 0.500. The number of aryl methyl sites for hydroxylation is 1. The summed E-state index contributed by atoms with van der Waals surface area (Å²) in [6.45, 7) is 6.67. The van der Waals surface area contributed by atoms with Crippen molar-refractivity contribution in [1.29, 1.82) is 0 Å². The van der Waals surface area contributed by atoms with E-state index in [2.05, 4.69) is 4.90 Å². The van der Waals surface area contributed by atoms with Crippen molar-refractivity contribution in [3.8, 4) is 0 Å². The molecule has 5 nitrogen and oxygen atoms in total. The molecule has 1 aromatic carbocycles. The largest absolute Gasteiger partial charge is 0.481 e. The van der Waals surface area contributed by atoms with Crippen LogP contribution in [0.5, 0.6) is 0 Å². The standard InChI is InChI=1S/C16H22N2O3/c1-12-3-5-14(6-4-12)16(21)18-9-7-17(8-10-18)13(2)11-15(19)20/h3-6,13H,7-11H2,1-2H3,(H,19,20). The van der Waals surface area contributed by atoms with Gasteiger partial charge >= 0.3 is 5.97 Å². The predicted octanol–water partition coefficient (Wildman–Crippen LogP) is 1.62. The Balaban J connectivity index is 1.90. The highest BCUT2D eigenvalue weighted by Gasteiger charge is 2.25. The summed E-state index contributed by atoms with van der Waals surface area (Å²) < 4.78 is 0. The number of carboxylic acids is 1. The van der Waals surface area contributed by atoms with Crippen LogP contribution in [-0.2, 0) is 4.79 Å². The van der Waals surface area contributed by atoms with Gasteiger partial charge in [0.2, 0.25) is 0 Å². The van der Waals surface area contributed by atoms with Gasteiger partial charge in [-0.15, -0.1) is 0 Å². The van der Waals surface area contributed by atoms with Crippen LogP contribution in [0, 0.1) is 6.92 Å². The van der Waals surface area contributed by atoms with Crippen LogP contribution in [0.1, 0.15) is 29.3 Å². The molecule has 1 N–H and O–H groups in total. The van der Waals surface area contributed by atoms with Crippen molar-refractivity contribution in [3.05, 3.63) is 35.4 Å². The minimum atomic E-state index is -0.777. The summed E-state index contributed by atoms with van der Waals surface area (Å²) in [5.74, 6) is -0.721. The number of rotatable bonds is 4. The Hall–Kier alpha value is -1.88. The molecule has 1 amide bonds. The fourth-order valence-corrected chi connectivity index (χ4v) is 2.63. The first-order chi connectivity index (χ1) is 9.97. The average Bonchev–Trinajstić information content (AvgIpc) is 2.47. The molecule has 0 spiro atoms. The van der Waals surface area contributed by atoms with Crippen LogP contribution in [-0.4, -0.2) is 59.0 Å². The summed E-state index contributed by atoms with van der Waals surface area (Å²) in [5, 5.41) is 8.83. The molecule has 1 aliphatic rings. The maximum Gasteiger partial charge on any atom is 0.304 e. The number of nitrogens with zero attached hydrogens (tertiary/aromatic N) is 2. The van der Waals surface area contributed by atoms with Crippen LogP contribution in [0.25, 0.3) is 0 Å². The first-order valence-electron chi connectivity index (χ1n) is 7.29. The average molecular weight is 290 g/mol. The molecule has 1 atom stereocenters. The van der Waals surface area contributed by atoms with Gasteiger partial charge in [0.25, 0.3) is 5.91 Å². The molecule has 1 fully saturated rings. The first kappa shape index (κ1) is 15.5. The van der Waals surface area contributed by atoms with Gasteiger partial charge in [0, 0.05) is 37.8 Å². The zero-order chi connectivity index (χ0) is 15.4. The summed E-state index contributed by atoms with van der Waals surface area (Å²) in [4.78, 5) is 27.1. The second-order valence-electron chi connectivity index (χ2n) is 5.64. The van der Waals surface area contributed by atoms with Gasteiger partial charge in [-0.2, -0.15) is 0 Å². The summed E-state index contributed by atoms with van der Waals surface area (Å²) >= 11 is 0. The van der Waals surface area contributed by atoms with Crippen molar-refractivity contribution >= 4 is 11.9 Å². The van der Waals surface area contributed by atoms with Gasteiger partial charge in [0.15, 0.2) is 0 Å². The summed E-state index contributed by atoms with van der Waals surface area (Å²) in [5.41, 5.74) is 1.85. The molecule has 5 heteroatoms. The summed E-state index contributed by atoms with van der Waals surface area (Å²) in [7, 11) is 0. The molecule has 114 valence electrons. The van der Waals surface area contributed by atoms with E-state index in [0.717, 1.165) is 18.7 Å². The van der Waals surface area contributed by atoms with Gasteiger partial charge in [0.05, 0.1) is 6.42 Å². The van der Waals surface area contributed by atoms with E-state index in [-0.39, 0.29) is 18.4 Å². The topological polar surface area (TPSA) is 60.9 Å². The molecule has 0 bridgehead atoms. The van der Waals surface area contributed by atoms with E-state index in [1.807, 2.05) is 43.0 Å². The van der Waals surface area contributed by atoms with Gasteiger partial charge in [0.1, 0.15) is 0 Å². The molecule has 1 unspecified atom stereocenters. The van der Waals surface area contributed by atoms with E-state index >= 15 is 0 Å². The molecule has 21 heavy (non-hydrogen) atoms. The third-order valence-electron chi connectivity index (χ3n) is 3.99. The Morgan fingerprint density at radius 2 is 1.71 bits per heavy atom. The smallest absolute Gasteiger partial charge is 0.304 e. The van der Waals surface area contributed by atoms with Crippen LogP contribution in [0.2, 0.25) is 0 Å². The highest BCUT2D eigenvalue weighted by atomic mass is 16.4. The fourth-order valence-electron chi connectivity index (χ4n) is 2.63. The van der Waals surface area contributed by atoms with Gasteiger partial charge in [-0.25, -0.2) is 0 Å². The van der Waals surface area contributed by atoms with Crippen LogP contribution in [0.15, 0.2) is 24.3 Å². The summed E-state index contributed by atoms with van der Waals surface area (Å²) in [6.07, 6.45) is 0.145. The van der Waals surface area contributed by atoms with E-state index in [4.69, 9.17) is 5.11 Å². The lowest BCUT2D eigenvalue weighted by molar-refractivity contribution is -0.138. The number of piperazine rings is 1. The van der Waals surface area contributed by atoms with Crippen LogP contribution >= 0.6 is 0 Å². The van der Waals surface area contributed by atoms with Gasteiger partial charge in [-0.1, -0.05) is 17.7 Å².